The molecule has 2 aromatic carbocycles. The summed E-state index contributed by atoms with van der Waals surface area (Å²) in [6.07, 6.45) is 0. The van der Waals surface area contributed by atoms with Gasteiger partial charge in [0.05, 0.1) is 23.7 Å². The van der Waals surface area contributed by atoms with Crippen LogP contribution in [-0.4, -0.2) is 15.0 Å². The van der Waals surface area contributed by atoms with E-state index in [0.717, 1.165) is 16.6 Å². The molecule has 0 bridgehead atoms. The average molecular weight is 234 g/mol. The van der Waals surface area contributed by atoms with Crippen molar-refractivity contribution in [2.24, 2.45) is 0 Å². The minimum Gasteiger partial charge on any atom is -0.240 e. The monoisotopic (exact) mass is 234 g/mol. The van der Waals surface area contributed by atoms with Gasteiger partial charge in [-0.2, -0.15) is 5.26 Å². The predicted molar refractivity (Wildman–Crippen MR) is 67.8 cm³/mol. The van der Waals surface area contributed by atoms with E-state index in [4.69, 9.17) is 5.26 Å². The molecule has 0 N–H and O–H groups in total. The van der Waals surface area contributed by atoms with Gasteiger partial charge in [0.15, 0.2) is 0 Å². The van der Waals surface area contributed by atoms with Gasteiger partial charge in [-0.15, -0.1) is 5.10 Å². The van der Waals surface area contributed by atoms with E-state index in [1.165, 1.54) is 0 Å². The van der Waals surface area contributed by atoms with Crippen LogP contribution in [0.3, 0.4) is 0 Å². The van der Waals surface area contributed by atoms with Gasteiger partial charge in [-0.3, -0.25) is 0 Å². The Kier molecular flexibility index (Phi) is 2.50. The van der Waals surface area contributed by atoms with Crippen LogP contribution in [0.4, 0.5) is 0 Å². The van der Waals surface area contributed by atoms with E-state index < -0.39 is 0 Å². The van der Waals surface area contributed by atoms with E-state index in [9.17, 15) is 0 Å². The second-order valence-electron chi connectivity index (χ2n) is 4.05. The van der Waals surface area contributed by atoms with Crippen LogP contribution in [0.5, 0.6) is 0 Å². The number of para-hydroxylation sites is 1. The lowest BCUT2D eigenvalue weighted by Crippen LogP contribution is -2.01. The molecule has 0 amide bonds. The first-order chi connectivity index (χ1) is 8.86. The zero-order valence-corrected chi connectivity index (χ0v) is 9.61. The fourth-order valence-corrected chi connectivity index (χ4v) is 1.95. The van der Waals surface area contributed by atoms with Gasteiger partial charge in [0.25, 0.3) is 0 Å². The van der Waals surface area contributed by atoms with E-state index in [-0.39, 0.29) is 0 Å². The molecule has 1 heterocycles. The van der Waals surface area contributed by atoms with E-state index in [0.29, 0.717) is 12.1 Å². The highest BCUT2D eigenvalue weighted by molar-refractivity contribution is 5.73. The summed E-state index contributed by atoms with van der Waals surface area (Å²) in [7, 11) is 0. The normalized spacial score (nSPS) is 10.4. The third kappa shape index (κ3) is 1.82. The smallest absolute Gasteiger partial charge is 0.113 e. The molecule has 0 spiro atoms. The van der Waals surface area contributed by atoms with Crippen molar-refractivity contribution >= 4 is 11.0 Å². The molecule has 0 aliphatic rings. The Morgan fingerprint density at radius 2 is 2.00 bits per heavy atom. The number of hydrogen-bond donors (Lipinski definition) is 0. The minimum absolute atomic E-state index is 0.621. The highest BCUT2D eigenvalue weighted by Gasteiger charge is 2.04. The lowest BCUT2D eigenvalue weighted by molar-refractivity contribution is 0.669. The van der Waals surface area contributed by atoms with Crippen LogP contribution in [0.15, 0.2) is 48.5 Å². The van der Waals surface area contributed by atoms with Crippen LogP contribution in [0, 0.1) is 11.3 Å². The van der Waals surface area contributed by atoms with Gasteiger partial charge in [0.1, 0.15) is 5.52 Å². The first-order valence-electron chi connectivity index (χ1n) is 5.64. The van der Waals surface area contributed by atoms with Crippen molar-refractivity contribution in [1.82, 2.24) is 15.0 Å². The molecule has 0 aliphatic heterocycles. The topological polar surface area (TPSA) is 54.5 Å². The van der Waals surface area contributed by atoms with E-state index >= 15 is 0 Å². The first kappa shape index (κ1) is 10.5. The van der Waals surface area contributed by atoms with E-state index in [1.807, 2.05) is 47.1 Å². The summed E-state index contributed by atoms with van der Waals surface area (Å²) >= 11 is 0. The SMILES string of the molecule is N#Cc1cccc(Cn2nnc3ccccc32)c1. The second kappa shape index (κ2) is 4.30. The van der Waals surface area contributed by atoms with Crippen molar-refractivity contribution in [1.29, 1.82) is 5.26 Å². The molecule has 0 radical (unpaired) electrons. The van der Waals surface area contributed by atoms with Gasteiger partial charge in [-0.25, -0.2) is 4.68 Å². The molecule has 3 aromatic rings. The summed E-state index contributed by atoms with van der Waals surface area (Å²) < 4.78 is 1.84. The largest absolute Gasteiger partial charge is 0.240 e. The van der Waals surface area contributed by atoms with Crippen molar-refractivity contribution in [2.45, 2.75) is 6.54 Å². The number of hydrogen-bond acceptors (Lipinski definition) is 3. The summed E-state index contributed by atoms with van der Waals surface area (Å²) in [5.41, 5.74) is 3.59. The van der Waals surface area contributed by atoms with E-state index in [2.05, 4.69) is 16.4 Å². The molecule has 0 fully saturated rings. The van der Waals surface area contributed by atoms with Gasteiger partial charge in [-0.05, 0) is 29.8 Å². The van der Waals surface area contributed by atoms with Crippen molar-refractivity contribution in [3.8, 4) is 6.07 Å². The zero-order valence-electron chi connectivity index (χ0n) is 9.61. The molecule has 1 aromatic heterocycles. The predicted octanol–water partition coefficient (Wildman–Crippen LogP) is 2.35. The van der Waals surface area contributed by atoms with Crippen molar-refractivity contribution in [2.75, 3.05) is 0 Å². The molecular formula is C14H10N4. The van der Waals surface area contributed by atoms with Gasteiger partial charge in [-0.1, -0.05) is 29.5 Å². The molecule has 0 atom stereocenters. The lowest BCUT2D eigenvalue weighted by Gasteiger charge is -2.02. The highest BCUT2D eigenvalue weighted by Crippen LogP contribution is 2.12. The summed E-state index contributed by atoms with van der Waals surface area (Å²) in [6.45, 7) is 0.621. The molecular weight excluding hydrogens is 224 g/mol. The average Bonchev–Trinajstić information content (AvgIpc) is 2.83. The Morgan fingerprint density at radius 3 is 2.89 bits per heavy atom. The molecule has 4 nitrogen and oxygen atoms in total. The summed E-state index contributed by atoms with van der Waals surface area (Å²) in [5, 5.41) is 17.1. The maximum Gasteiger partial charge on any atom is 0.113 e. The molecule has 0 unspecified atom stereocenters. The van der Waals surface area contributed by atoms with Crippen LogP contribution < -0.4 is 0 Å². The minimum atomic E-state index is 0.621. The van der Waals surface area contributed by atoms with Crippen molar-refractivity contribution < 1.29 is 0 Å². The number of aromatic nitrogens is 3. The summed E-state index contributed by atoms with van der Waals surface area (Å²) in [5.74, 6) is 0. The number of rotatable bonds is 2. The number of fused-ring (bicyclic) bond motifs is 1. The van der Waals surface area contributed by atoms with Crippen LogP contribution in [0.1, 0.15) is 11.1 Å². The molecule has 4 heteroatoms. The number of nitriles is 1. The summed E-state index contributed by atoms with van der Waals surface area (Å²) in [4.78, 5) is 0. The van der Waals surface area contributed by atoms with Gasteiger partial charge in [0, 0.05) is 0 Å². The van der Waals surface area contributed by atoms with Crippen molar-refractivity contribution in [3.05, 3.63) is 59.7 Å². The second-order valence-corrected chi connectivity index (χ2v) is 4.05. The van der Waals surface area contributed by atoms with Crippen LogP contribution in [0.2, 0.25) is 0 Å². The van der Waals surface area contributed by atoms with Crippen LogP contribution in [0.25, 0.3) is 11.0 Å². The fourth-order valence-electron chi connectivity index (χ4n) is 1.95. The molecule has 0 saturated heterocycles. The third-order valence-corrected chi connectivity index (χ3v) is 2.81. The third-order valence-electron chi connectivity index (χ3n) is 2.81. The standard InChI is InChI=1S/C14H10N4/c15-9-11-4-3-5-12(8-11)10-18-14-7-2-1-6-13(14)16-17-18/h1-8H,10H2. The maximum atomic E-state index is 8.88. The quantitative estimate of drug-likeness (QED) is 0.684. The number of benzene rings is 2. The van der Waals surface area contributed by atoms with Crippen molar-refractivity contribution in [3.63, 3.8) is 0 Å². The van der Waals surface area contributed by atoms with Gasteiger partial charge in [0.2, 0.25) is 0 Å². The maximum absolute atomic E-state index is 8.88. The van der Waals surface area contributed by atoms with E-state index in [1.54, 1.807) is 6.07 Å². The Balaban J connectivity index is 1.99. The Bertz CT molecular complexity index is 737. The van der Waals surface area contributed by atoms with Crippen LogP contribution in [-0.2, 0) is 6.54 Å². The Morgan fingerprint density at radius 1 is 1.11 bits per heavy atom. The molecule has 18 heavy (non-hydrogen) atoms. The Hall–Kier alpha value is -2.67. The molecule has 3 rings (SSSR count). The highest BCUT2D eigenvalue weighted by atomic mass is 15.4. The molecule has 0 saturated carbocycles. The first-order valence-corrected chi connectivity index (χ1v) is 5.64. The van der Waals surface area contributed by atoms with Gasteiger partial charge >= 0.3 is 0 Å². The molecule has 0 aliphatic carbocycles. The molecule has 86 valence electrons. The van der Waals surface area contributed by atoms with Gasteiger partial charge < -0.3 is 0 Å². The lowest BCUT2D eigenvalue weighted by atomic mass is 10.1. The zero-order chi connectivity index (χ0) is 12.4. The summed E-state index contributed by atoms with van der Waals surface area (Å²) in [6, 6.07) is 17.5. The number of nitrogens with zero attached hydrogens (tertiary/aromatic N) is 4. The van der Waals surface area contributed by atoms with Crippen LogP contribution >= 0.6 is 0 Å². The fraction of sp³-hybridized carbons (Fsp3) is 0.0714. The Labute approximate surface area is 104 Å².